The topological polar surface area (TPSA) is 52.6 Å². The van der Waals surface area contributed by atoms with Gasteiger partial charge in [-0.15, -0.1) is 0 Å². The molecule has 0 spiro atoms. The summed E-state index contributed by atoms with van der Waals surface area (Å²) in [5.74, 6) is 0. The van der Waals surface area contributed by atoms with E-state index in [4.69, 9.17) is 27.4 Å². The normalized spacial score (nSPS) is 13.4. The van der Waals surface area contributed by atoms with Gasteiger partial charge in [-0.25, -0.2) is 0 Å². The predicted molar refractivity (Wildman–Crippen MR) is 77.9 cm³/mol. The van der Waals surface area contributed by atoms with Crippen LogP contribution in [0.15, 0.2) is 58.3 Å². The average Bonchev–Trinajstić information content (AvgIpc) is 2.48. The minimum atomic E-state index is -2.43. The van der Waals surface area contributed by atoms with Crippen LogP contribution in [0.2, 0.25) is 10.0 Å². The fourth-order valence-corrected chi connectivity index (χ4v) is 9.49. The number of halogens is 2. The second kappa shape index (κ2) is 8.71. The third kappa shape index (κ3) is 5.71. The third-order valence-corrected chi connectivity index (χ3v) is 12.0. The van der Waals surface area contributed by atoms with Gasteiger partial charge in [-0.05, 0) is 0 Å². The van der Waals surface area contributed by atoms with E-state index in [1.807, 2.05) is 0 Å². The summed E-state index contributed by atoms with van der Waals surface area (Å²) in [6.45, 7) is 0. The molecule has 2 atom stereocenters. The SMILES string of the molecule is O=S([O][Hg][O]S(=O)c1ccc(Cl)cc1)c1ccc(Cl)cc1. The Kier molecular flexibility index (Phi) is 7.27. The summed E-state index contributed by atoms with van der Waals surface area (Å²) in [5.41, 5.74) is 0. The Labute approximate surface area is 150 Å². The summed E-state index contributed by atoms with van der Waals surface area (Å²) in [5, 5.41) is 1.11. The molecule has 0 saturated carbocycles. The molecule has 0 amide bonds. The van der Waals surface area contributed by atoms with Crippen molar-refractivity contribution in [3.63, 3.8) is 0 Å². The zero-order valence-electron chi connectivity index (χ0n) is 10.5. The van der Waals surface area contributed by atoms with E-state index < -0.39 is 47.6 Å². The maximum atomic E-state index is 11.8. The Morgan fingerprint density at radius 2 is 1.05 bits per heavy atom. The van der Waals surface area contributed by atoms with Gasteiger partial charge >= 0.3 is 152 Å². The summed E-state index contributed by atoms with van der Waals surface area (Å²) in [6.07, 6.45) is 0. The number of hydrogen-bond donors (Lipinski definition) is 0. The Bertz CT molecular complexity index is 592. The molecule has 2 aromatic rings. The molecule has 4 nitrogen and oxygen atoms in total. The van der Waals surface area contributed by atoms with E-state index in [1.54, 1.807) is 48.5 Å². The minimum absolute atomic E-state index is 0.500. The van der Waals surface area contributed by atoms with Crippen LogP contribution < -0.4 is 0 Å². The van der Waals surface area contributed by atoms with Crippen molar-refractivity contribution in [2.45, 2.75) is 9.79 Å². The molecule has 0 radical (unpaired) electrons. The van der Waals surface area contributed by atoms with Crippen LogP contribution in [-0.4, -0.2) is 8.42 Å². The molecule has 9 heteroatoms. The number of hydrogen-bond acceptors (Lipinski definition) is 4. The van der Waals surface area contributed by atoms with Crippen LogP contribution in [-0.2, 0) is 51.8 Å². The van der Waals surface area contributed by atoms with Crippen molar-refractivity contribution in [3.8, 4) is 0 Å². The molecule has 0 aliphatic carbocycles. The average molecular weight is 552 g/mol. The van der Waals surface area contributed by atoms with Gasteiger partial charge in [0.2, 0.25) is 0 Å². The van der Waals surface area contributed by atoms with E-state index in [1.165, 1.54) is 0 Å². The zero-order chi connectivity index (χ0) is 15.2. The molecule has 108 valence electrons. The van der Waals surface area contributed by atoms with Crippen molar-refractivity contribution in [1.29, 1.82) is 0 Å². The van der Waals surface area contributed by atoms with E-state index in [0.717, 1.165) is 0 Å². The second-order valence-corrected chi connectivity index (χ2v) is 13.4. The Balaban J connectivity index is 1.83. The monoisotopic (exact) mass is 552 g/mol. The zero-order valence-corrected chi connectivity index (χ0v) is 19.2. The first-order valence-electron chi connectivity index (χ1n) is 5.67. The van der Waals surface area contributed by atoms with E-state index in [-0.39, 0.29) is 0 Å². The van der Waals surface area contributed by atoms with Gasteiger partial charge in [0.1, 0.15) is 0 Å². The molecule has 0 aromatic heterocycles. The Morgan fingerprint density at radius 3 is 1.38 bits per heavy atom. The molecule has 2 unspecified atom stereocenters. The molecule has 2 rings (SSSR count). The van der Waals surface area contributed by atoms with Crippen molar-refractivity contribution in [3.05, 3.63) is 58.6 Å². The Morgan fingerprint density at radius 1 is 0.714 bits per heavy atom. The van der Waals surface area contributed by atoms with Crippen molar-refractivity contribution in [2.24, 2.45) is 0 Å². The fourth-order valence-electron chi connectivity index (χ4n) is 1.33. The molecule has 21 heavy (non-hydrogen) atoms. The molecule has 0 aliphatic heterocycles. The first kappa shape index (κ1) is 17.5. The Hall–Kier alpha value is 0.175. The summed E-state index contributed by atoms with van der Waals surface area (Å²) in [7, 11) is 0. The van der Waals surface area contributed by atoms with Crippen molar-refractivity contribution < 1.29 is 38.1 Å². The molecular weight excluding hydrogens is 544 g/mol. The molecule has 0 saturated heterocycles. The van der Waals surface area contributed by atoms with Gasteiger partial charge in [-0.3, -0.25) is 0 Å². The standard InChI is InChI=1S/2C6H5ClO2S.Hg/c2*7-5-1-3-6(4-2-5)10(8)9;/h2*1-4H,(H,8,9);/q;;+2/p-2. The van der Waals surface area contributed by atoms with Gasteiger partial charge in [0.25, 0.3) is 0 Å². The molecule has 0 fully saturated rings. The quantitative estimate of drug-likeness (QED) is 0.514. The van der Waals surface area contributed by atoms with Gasteiger partial charge in [0.15, 0.2) is 0 Å². The molecule has 0 N–H and O–H groups in total. The summed E-state index contributed by atoms with van der Waals surface area (Å²) < 4.78 is 34.0. The van der Waals surface area contributed by atoms with Crippen LogP contribution in [0, 0.1) is 0 Å². The van der Waals surface area contributed by atoms with Crippen LogP contribution in [0.4, 0.5) is 0 Å². The maximum absolute atomic E-state index is 11.8. The summed E-state index contributed by atoms with van der Waals surface area (Å²) in [6, 6.07) is 13.0. The summed E-state index contributed by atoms with van der Waals surface area (Å²) >= 11 is 5.84. The van der Waals surface area contributed by atoms with E-state index in [9.17, 15) is 8.42 Å². The third-order valence-electron chi connectivity index (χ3n) is 2.32. The van der Waals surface area contributed by atoms with E-state index >= 15 is 0 Å². The molecule has 2 aromatic carbocycles. The molecule has 0 bridgehead atoms. The summed E-state index contributed by atoms with van der Waals surface area (Å²) in [4.78, 5) is 1.00. The van der Waals surface area contributed by atoms with Gasteiger partial charge in [0.05, 0.1) is 0 Å². The second-order valence-electron chi connectivity index (χ2n) is 3.73. The van der Waals surface area contributed by atoms with Crippen LogP contribution >= 0.6 is 23.2 Å². The number of benzene rings is 2. The van der Waals surface area contributed by atoms with Crippen LogP contribution in [0.3, 0.4) is 0 Å². The molecular formula is C12H8Cl2HgO4S2. The van der Waals surface area contributed by atoms with Crippen LogP contribution in [0.1, 0.15) is 0 Å². The fraction of sp³-hybridized carbons (Fsp3) is 0. The van der Waals surface area contributed by atoms with Crippen molar-refractivity contribution >= 4 is 45.4 Å². The predicted octanol–water partition coefficient (Wildman–Crippen LogP) is 3.68. The van der Waals surface area contributed by atoms with Crippen LogP contribution in [0.5, 0.6) is 0 Å². The number of rotatable bonds is 6. The molecule has 0 aliphatic rings. The van der Waals surface area contributed by atoms with Crippen LogP contribution in [0.25, 0.3) is 0 Å². The van der Waals surface area contributed by atoms with E-state index in [2.05, 4.69) is 0 Å². The first-order chi connectivity index (χ1) is 10.1. The molecule has 0 heterocycles. The van der Waals surface area contributed by atoms with Gasteiger partial charge < -0.3 is 0 Å². The van der Waals surface area contributed by atoms with Crippen molar-refractivity contribution in [1.82, 2.24) is 0 Å². The van der Waals surface area contributed by atoms with Gasteiger partial charge in [-0.1, -0.05) is 0 Å². The van der Waals surface area contributed by atoms with Crippen molar-refractivity contribution in [2.75, 3.05) is 0 Å². The van der Waals surface area contributed by atoms with Gasteiger partial charge in [-0.2, -0.15) is 0 Å². The van der Waals surface area contributed by atoms with Gasteiger partial charge in [0, 0.05) is 0 Å². The first-order valence-corrected chi connectivity index (χ1v) is 13.1. The van der Waals surface area contributed by atoms with E-state index in [0.29, 0.717) is 19.8 Å².